The predicted molar refractivity (Wildman–Crippen MR) is 74.1 cm³/mol. The number of carbonyl (C=O) groups is 1. The normalized spacial score (nSPS) is 10.4. The van der Waals surface area contributed by atoms with E-state index in [1.165, 1.54) is 11.3 Å². The van der Waals surface area contributed by atoms with Crippen molar-refractivity contribution in [2.75, 3.05) is 11.9 Å². The Bertz CT molecular complexity index is 528. The van der Waals surface area contributed by atoms with E-state index in [1.807, 2.05) is 0 Å². The van der Waals surface area contributed by atoms with Crippen molar-refractivity contribution < 1.29 is 4.79 Å². The first-order chi connectivity index (χ1) is 9.29. The lowest BCUT2D eigenvalue weighted by Gasteiger charge is -1.99. The van der Waals surface area contributed by atoms with Crippen molar-refractivity contribution in [3.05, 3.63) is 35.1 Å². The predicted octanol–water partition coefficient (Wildman–Crippen LogP) is 1.47. The van der Waals surface area contributed by atoms with E-state index in [1.54, 1.807) is 24.5 Å². The van der Waals surface area contributed by atoms with Crippen LogP contribution in [0.4, 0.5) is 5.13 Å². The maximum Gasteiger partial charge on any atom is 0.257 e. The first-order valence-corrected chi connectivity index (χ1v) is 6.85. The summed E-state index contributed by atoms with van der Waals surface area (Å²) >= 11 is 1.40. The molecule has 0 spiro atoms. The topological polar surface area (TPSA) is 93.8 Å². The van der Waals surface area contributed by atoms with Crippen LogP contribution < -0.4 is 11.1 Å². The number of rotatable bonds is 6. The lowest BCUT2D eigenvalue weighted by Crippen LogP contribution is -2.11. The van der Waals surface area contributed by atoms with Crippen LogP contribution in [-0.2, 0) is 6.42 Å². The quantitative estimate of drug-likeness (QED) is 0.780. The number of aryl methyl sites for hydroxylation is 1. The molecule has 2 aromatic heterocycles. The molecule has 100 valence electrons. The van der Waals surface area contributed by atoms with Crippen LogP contribution in [0.2, 0.25) is 0 Å². The van der Waals surface area contributed by atoms with Crippen LogP contribution in [0, 0.1) is 0 Å². The van der Waals surface area contributed by atoms with Gasteiger partial charge >= 0.3 is 0 Å². The second-order valence-electron chi connectivity index (χ2n) is 3.94. The molecule has 0 aliphatic heterocycles. The molecule has 0 bridgehead atoms. The number of hydrogen-bond donors (Lipinski definition) is 2. The number of aromatic nitrogens is 3. The second kappa shape index (κ2) is 6.91. The minimum atomic E-state index is -0.202. The number of pyridine rings is 1. The highest BCUT2D eigenvalue weighted by Crippen LogP contribution is 2.17. The molecule has 0 saturated carbocycles. The molecule has 19 heavy (non-hydrogen) atoms. The summed E-state index contributed by atoms with van der Waals surface area (Å²) in [6.07, 6.45) is 5.96. The van der Waals surface area contributed by atoms with Crippen LogP contribution in [0.25, 0.3) is 0 Å². The van der Waals surface area contributed by atoms with Crippen LogP contribution in [0.3, 0.4) is 0 Å². The van der Waals surface area contributed by atoms with E-state index in [0.29, 0.717) is 17.2 Å². The number of carbonyl (C=O) groups excluding carboxylic acids is 1. The van der Waals surface area contributed by atoms with Gasteiger partial charge in [0, 0.05) is 24.4 Å². The summed E-state index contributed by atoms with van der Waals surface area (Å²) in [6.45, 7) is 0.685. The van der Waals surface area contributed by atoms with Gasteiger partial charge in [-0.25, -0.2) is 0 Å². The molecule has 0 aliphatic rings. The molecular formula is C12H15N5OS. The van der Waals surface area contributed by atoms with E-state index < -0.39 is 0 Å². The van der Waals surface area contributed by atoms with Crippen molar-refractivity contribution in [3.8, 4) is 0 Å². The summed E-state index contributed by atoms with van der Waals surface area (Å²) in [4.78, 5) is 15.7. The maximum absolute atomic E-state index is 11.9. The van der Waals surface area contributed by atoms with Crippen LogP contribution >= 0.6 is 11.3 Å². The fourth-order valence-corrected chi connectivity index (χ4v) is 2.27. The number of nitrogens with zero attached hydrogens (tertiary/aromatic N) is 3. The molecule has 2 aromatic rings. The number of nitrogens with one attached hydrogen (secondary N) is 1. The number of unbranched alkanes of at least 4 members (excludes halogenated alkanes) is 1. The van der Waals surface area contributed by atoms with Gasteiger partial charge in [0.2, 0.25) is 5.13 Å². The minimum absolute atomic E-state index is 0.202. The first-order valence-electron chi connectivity index (χ1n) is 6.03. The van der Waals surface area contributed by atoms with E-state index in [-0.39, 0.29) is 5.91 Å². The standard InChI is InChI=1S/C12H15N5OS/c13-6-2-1-3-10-16-17-12(19-10)15-11(18)9-4-7-14-8-5-9/h4-5,7-8H,1-3,6,13H2,(H,15,17,18). The summed E-state index contributed by atoms with van der Waals surface area (Å²) < 4.78 is 0. The molecule has 0 atom stereocenters. The summed E-state index contributed by atoms with van der Waals surface area (Å²) in [5, 5.41) is 12.1. The van der Waals surface area contributed by atoms with E-state index in [9.17, 15) is 4.79 Å². The molecule has 3 N–H and O–H groups in total. The van der Waals surface area contributed by atoms with Crippen molar-refractivity contribution in [2.24, 2.45) is 5.73 Å². The van der Waals surface area contributed by atoms with Gasteiger partial charge in [0.1, 0.15) is 5.01 Å². The summed E-state index contributed by atoms with van der Waals surface area (Å²) in [7, 11) is 0. The van der Waals surface area contributed by atoms with Gasteiger partial charge in [-0.3, -0.25) is 15.1 Å². The van der Waals surface area contributed by atoms with Crippen LogP contribution in [0.15, 0.2) is 24.5 Å². The number of amides is 1. The van der Waals surface area contributed by atoms with Gasteiger partial charge in [0.25, 0.3) is 5.91 Å². The Balaban J connectivity index is 1.91. The summed E-state index contributed by atoms with van der Waals surface area (Å²) in [6, 6.07) is 3.30. The lowest BCUT2D eigenvalue weighted by atomic mass is 10.2. The maximum atomic E-state index is 11.9. The molecule has 6 nitrogen and oxygen atoms in total. The Kier molecular flexibility index (Phi) is 4.93. The van der Waals surface area contributed by atoms with Crippen LogP contribution in [0.1, 0.15) is 28.2 Å². The lowest BCUT2D eigenvalue weighted by molar-refractivity contribution is 0.102. The van der Waals surface area contributed by atoms with Gasteiger partial charge in [-0.15, -0.1) is 10.2 Å². The zero-order valence-electron chi connectivity index (χ0n) is 10.4. The summed E-state index contributed by atoms with van der Waals surface area (Å²) in [5.41, 5.74) is 5.98. The minimum Gasteiger partial charge on any atom is -0.330 e. The largest absolute Gasteiger partial charge is 0.330 e. The van der Waals surface area contributed by atoms with E-state index in [0.717, 1.165) is 24.3 Å². The molecule has 0 fully saturated rings. The first kappa shape index (κ1) is 13.6. The van der Waals surface area contributed by atoms with Gasteiger partial charge < -0.3 is 5.73 Å². The number of anilines is 1. The molecule has 0 radical (unpaired) electrons. The van der Waals surface area contributed by atoms with Crippen molar-refractivity contribution >= 4 is 22.4 Å². The molecule has 0 aromatic carbocycles. The van der Waals surface area contributed by atoms with Crippen molar-refractivity contribution in [2.45, 2.75) is 19.3 Å². The Morgan fingerprint density at radius 1 is 1.26 bits per heavy atom. The average Bonchev–Trinajstić information content (AvgIpc) is 2.88. The number of hydrogen-bond acceptors (Lipinski definition) is 6. The molecule has 0 saturated heterocycles. The third-order valence-corrected chi connectivity index (χ3v) is 3.37. The van der Waals surface area contributed by atoms with Crippen molar-refractivity contribution in [3.63, 3.8) is 0 Å². The molecule has 7 heteroatoms. The Hall–Kier alpha value is -1.86. The Morgan fingerprint density at radius 3 is 2.79 bits per heavy atom. The molecular weight excluding hydrogens is 262 g/mol. The molecule has 1 amide bonds. The van der Waals surface area contributed by atoms with Gasteiger partial charge in [-0.1, -0.05) is 11.3 Å². The van der Waals surface area contributed by atoms with Crippen molar-refractivity contribution in [1.82, 2.24) is 15.2 Å². The zero-order chi connectivity index (χ0) is 13.5. The Morgan fingerprint density at radius 2 is 2.05 bits per heavy atom. The van der Waals surface area contributed by atoms with Crippen LogP contribution in [-0.4, -0.2) is 27.6 Å². The third-order valence-electron chi connectivity index (χ3n) is 2.47. The van der Waals surface area contributed by atoms with E-state index >= 15 is 0 Å². The fourth-order valence-electron chi connectivity index (χ4n) is 1.50. The van der Waals surface area contributed by atoms with Crippen molar-refractivity contribution in [1.29, 1.82) is 0 Å². The fraction of sp³-hybridized carbons (Fsp3) is 0.333. The van der Waals surface area contributed by atoms with Gasteiger partial charge in [-0.05, 0) is 31.5 Å². The highest BCUT2D eigenvalue weighted by Gasteiger charge is 2.09. The van der Waals surface area contributed by atoms with Gasteiger partial charge in [-0.2, -0.15) is 0 Å². The van der Waals surface area contributed by atoms with Crippen LogP contribution in [0.5, 0.6) is 0 Å². The smallest absolute Gasteiger partial charge is 0.257 e. The zero-order valence-corrected chi connectivity index (χ0v) is 11.2. The summed E-state index contributed by atoms with van der Waals surface area (Å²) in [5.74, 6) is -0.202. The third kappa shape index (κ3) is 4.08. The average molecular weight is 277 g/mol. The monoisotopic (exact) mass is 277 g/mol. The second-order valence-corrected chi connectivity index (χ2v) is 5.00. The Labute approximate surface area is 115 Å². The van der Waals surface area contributed by atoms with E-state index in [4.69, 9.17) is 5.73 Å². The van der Waals surface area contributed by atoms with Gasteiger partial charge in [0.05, 0.1) is 0 Å². The number of nitrogens with two attached hydrogens (primary N) is 1. The highest BCUT2D eigenvalue weighted by molar-refractivity contribution is 7.15. The van der Waals surface area contributed by atoms with Gasteiger partial charge in [0.15, 0.2) is 0 Å². The molecule has 2 heterocycles. The molecule has 2 rings (SSSR count). The highest BCUT2D eigenvalue weighted by atomic mass is 32.1. The molecule has 0 aliphatic carbocycles. The van der Waals surface area contributed by atoms with E-state index in [2.05, 4.69) is 20.5 Å². The molecule has 0 unspecified atom stereocenters. The SMILES string of the molecule is NCCCCc1nnc(NC(=O)c2ccncc2)s1.